The van der Waals surface area contributed by atoms with Gasteiger partial charge in [-0.2, -0.15) is 0 Å². The number of piperidine rings is 1. The summed E-state index contributed by atoms with van der Waals surface area (Å²) in [6.45, 7) is 9.56. The first kappa shape index (κ1) is 15.2. The molecular formula is C16H28N4. The summed E-state index contributed by atoms with van der Waals surface area (Å²) >= 11 is 0. The lowest BCUT2D eigenvalue weighted by Gasteiger charge is -2.35. The van der Waals surface area contributed by atoms with Crippen LogP contribution < -0.4 is 10.2 Å². The third-order valence-corrected chi connectivity index (χ3v) is 4.17. The molecule has 0 saturated carbocycles. The molecule has 0 bridgehead atoms. The predicted octanol–water partition coefficient (Wildman–Crippen LogP) is 3.05. The van der Waals surface area contributed by atoms with E-state index >= 15 is 0 Å². The molecule has 2 rings (SSSR count). The molecule has 1 unspecified atom stereocenters. The van der Waals surface area contributed by atoms with Crippen LogP contribution in [0.25, 0.3) is 0 Å². The van der Waals surface area contributed by atoms with Crippen molar-refractivity contribution in [3.63, 3.8) is 0 Å². The monoisotopic (exact) mass is 276 g/mol. The minimum absolute atomic E-state index is 0.618. The van der Waals surface area contributed by atoms with E-state index < -0.39 is 0 Å². The summed E-state index contributed by atoms with van der Waals surface area (Å²) in [5, 5.41) is 3.42. The first-order chi connectivity index (χ1) is 9.76. The van der Waals surface area contributed by atoms with Crippen LogP contribution in [0.4, 0.5) is 5.95 Å². The molecule has 4 nitrogen and oxygen atoms in total. The molecule has 0 spiro atoms. The van der Waals surface area contributed by atoms with Gasteiger partial charge in [0.1, 0.15) is 0 Å². The van der Waals surface area contributed by atoms with Crippen LogP contribution in [-0.4, -0.2) is 29.1 Å². The lowest BCUT2D eigenvalue weighted by atomic mass is 10.0. The number of hydrogen-bond acceptors (Lipinski definition) is 4. The lowest BCUT2D eigenvalue weighted by Crippen LogP contribution is -2.40. The van der Waals surface area contributed by atoms with Gasteiger partial charge in [-0.1, -0.05) is 13.8 Å². The first-order valence-electron chi connectivity index (χ1n) is 8.06. The number of nitrogens with zero attached hydrogens (tertiary/aromatic N) is 3. The molecule has 20 heavy (non-hydrogen) atoms. The van der Waals surface area contributed by atoms with E-state index in [-0.39, 0.29) is 0 Å². The number of anilines is 1. The van der Waals surface area contributed by atoms with Crippen molar-refractivity contribution in [2.45, 2.75) is 65.5 Å². The Labute approximate surface area is 123 Å². The zero-order chi connectivity index (χ0) is 14.4. The van der Waals surface area contributed by atoms with Gasteiger partial charge in [0, 0.05) is 36.6 Å². The Morgan fingerprint density at radius 2 is 2.20 bits per heavy atom. The van der Waals surface area contributed by atoms with Crippen LogP contribution >= 0.6 is 0 Å². The maximum Gasteiger partial charge on any atom is 0.225 e. The fourth-order valence-electron chi connectivity index (χ4n) is 2.88. The van der Waals surface area contributed by atoms with Crippen molar-refractivity contribution in [2.24, 2.45) is 0 Å². The van der Waals surface area contributed by atoms with Crippen LogP contribution in [0.15, 0.2) is 6.20 Å². The molecule has 1 aliphatic heterocycles. The van der Waals surface area contributed by atoms with Crippen LogP contribution in [0, 0.1) is 6.92 Å². The smallest absolute Gasteiger partial charge is 0.225 e. The quantitative estimate of drug-likeness (QED) is 0.811. The highest BCUT2D eigenvalue weighted by molar-refractivity contribution is 5.35. The van der Waals surface area contributed by atoms with Gasteiger partial charge in [-0.25, -0.2) is 9.97 Å². The van der Waals surface area contributed by atoms with E-state index in [9.17, 15) is 0 Å². The summed E-state index contributed by atoms with van der Waals surface area (Å²) in [5.41, 5.74) is 2.33. The molecule has 1 fully saturated rings. The number of aromatic nitrogens is 2. The summed E-state index contributed by atoms with van der Waals surface area (Å²) in [6, 6.07) is 0.618. The van der Waals surface area contributed by atoms with E-state index in [0.717, 1.165) is 37.7 Å². The first-order valence-corrected chi connectivity index (χ1v) is 8.06. The second kappa shape index (κ2) is 7.58. The molecule has 0 aliphatic carbocycles. The highest BCUT2D eigenvalue weighted by Crippen LogP contribution is 2.24. The zero-order valence-corrected chi connectivity index (χ0v) is 13.2. The van der Waals surface area contributed by atoms with Crippen molar-refractivity contribution < 1.29 is 0 Å². The summed E-state index contributed by atoms with van der Waals surface area (Å²) in [4.78, 5) is 11.8. The molecule has 1 aliphatic rings. The molecule has 0 radical (unpaired) electrons. The molecule has 0 aromatic carbocycles. The van der Waals surface area contributed by atoms with E-state index in [2.05, 4.69) is 36.0 Å². The minimum atomic E-state index is 0.618. The molecule has 1 aromatic rings. The molecule has 1 atom stereocenters. The van der Waals surface area contributed by atoms with Crippen LogP contribution in [-0.2, 0) is 6.54 Å². The topological polar surface area (TPSA) is 41.1 Å². The van der Waals surface area contributed by atoms with Gasteiger partial charge < -0.3 is 10.2 Å². The average molecular weight is 276 g/mol. The van der Waals surface area contributed by atoms with Gasteiger partial charge in [-0.05, 0) is 45.6 Å². The van der Waals surface area contributed by atoms with Gasteiger partial charge >= 0.3 is 0 Å². The fourth-order valence-corrected chi connectivity index (χ4v) is 2.88. The van der Waals surface area contributed by atoms with Crippen LogP contribution in [0.3, 0.4) is 0 Å². The number of nitrogens with one attached hydrogen (secondary N) is 1. The van der Waals surface area contributed by atoms with E-state index in [1.807, 2.05) is 6.20 Å². The Hall–Kier alpha value is -1.16. The maximum atomic E-state index is 4.75. The zero-order valence-electron chi connectivity index (χ0n) is 13.2. The Bertz CT molecular complexity index is 419. The van der Waals surface area contributed by atoms with Crippen LogP contribution in [0.1, 0.15) is 57.2 Å². The Kier molecular flexibility index (Phi) is 5.77. The second-order valence-electron chi connectivity index (χ2n) is 5.71. The number of rotatable bonds is 6. The molecular weight excluding hydrogens is 248 g/mol. The van der Waals surface area contributed by atoms with Crippen molar-refractivity contribution >= 4 is 5.95 Å². The summed E-state index contributed by atoms with van der Waals surface area (Å²) in [5.74, 6) is 0.924. The molecule has 112 valence electrons. The van der Waals surface area contributed by atoms with E-state index in [1.165, 1.54) is 31.2 Å². The molecule has 0 amide bonds. The SMILES string of the molecule is CCCNCc1cnc(N2CCCCC2CC)nc1C. The van der Waals surface area contributed by atoms with Crippen molar-refractivity contribution in [1.29, 1.82) is 0 Å². The standard InChI is InChI=1S/C16H28N4/c1-4-9-17-11-14-12-18-16(19-13(14)3)20-10-7-6-8-15(20)5-2/h12,15,17H,4-11H2,1-3H3. The third-order valence-electron chi connectivity index (χ3n) is 4.17. The van der Waals surface area contributed by atoms with Gasteiger partial charge in [-0.15, -0.1) is 0 Å². The largest absolute Gasteiger partial charge is 0.338 e. The third kappa shape index (κ3) is 3.69. The van der Waals surface area contributed by atoms with Crippen molar-refractivity contribution in [1.82, 2.24) is 15.3 Å². The average Bonchev–Trinajstić information content (AvgIpc) is 2.49. The van der Waals surface area contributed by atoms with Crippen molar-refractivity contribution in [2.75, 3.05) is 18.0 Å². The molecule has 1 aromatic heterocycles. The molecule has 1 saturated heterocycles. The number of aryl methyl sites for hydroxylation is 1. The Morgan fingerprint density at radius 3 is 2.90 bits per heavy atom. The van der Waals surface area contributed by atoms with Gasteiger partial charge in [0.15, 0.2) is 0 Å². The Morgan fingerprint density at radius 1 is 1.35 bits per heavy atom. The molecule has 4 heteroatoms. The van der Waals surface area contributed by atoms with Crippen LogP contribution in [0.2, 0.25) is 0 Å². The maximum absolute atomic E-state index is 4.75. The van der Waals surface area contributed by atoms with E-state index in [0.29, 0.717) is 6.04 Å². The van der Waals surface area contributed by atoms with Crippen molar-refractivity contribution in [3.8, 4) is 0 Å². The van der Waals surface area contributed by atoms with Crippen LogP contribution in [0.5, 0.6) is 0 Å². The predicted molar refractivity (Wildman–Crippen MR) is 84.0 cm³/mol. The lowest BCUT2D eigenvalue weighted by molar-refractivity contribution is 0.442. The highest BCUT2D eigenvalue weighted by atomic mass is 15.3. The molecule has 2 heterocycles. The summed E-state index contributed by atoms with van der Waals surface area (Å²) in [7, 11) is 0. The molecule has 1 N–H and O–H groups in total. The number of hydrogen-bond donors (Lipinski definition) is 1. The normalized spacial score (nSPS) is 19.4. The van der Waals surface area contributed by atoms with Crippen molar-refractivity contribution in [3.05, 3.63) is 17.5 Å². The van der Waals surface area contributed by atoms with Gasteiger partial charge in [0.2, 0.25) is 5.95 Å². The second-order valence-corrected chi connectivity index (χ2v) is 5.71. The minimum Gasteiger partial charge on any atom is -0.338 e. The summed E-state index contributed by atoms with van der Waals surface area (Å²) in [6.07, 6.45) is 8.22. The Balaban J connectivity index is 2.07. The van der Waals surface area contributed by atoms with Gasteiger partial charge in [0.25, 0.3) is 0 Å². The van der Waals surface area contributed by atoms with E-state index in [1.54, 1.807) is 0 Å². The van der Waals surface area contributed by atoms with Gasteiger partial charge in [0.05, 0.1) is 0 Å². The summed E-state index contributed by atoms with van der Waals surface area (Å²) < 4.78 is 0. The van der Waals surface area contributed by atoms with Gasteiger partial charge in [-0.3, -0.25) is 0 Å². The van der Waals surface area contributed by atoms with E-state index in [4.69, 9.17) is 4.98 Å². The highest BCUT2D eigenvalue weighted by Gasteiger charge is 2.23. The fraction of sp³-hybridized carbons (Fsp3) is 0.750.